The molecule has 0 aromatic rings. The van der Waals surface area contributed by atoms with Crippen molar-refractivity contribution < 1.29 is 52.2 Å². The second-order valence-electron chi connectivity index (χ2n) is 21.2. The zero-order valence-corrected chi connectivity index (χ0v) is 50.1. The molecule has 0 radical (unpaired) electrons. The molecule has 0 bridgehead atoms. The zero-order valence-electron chi connectivity index (χ0n) is 49.2. The zero-order chi connectivity index (χ0) is 55.5. The van der Waals surface area contributed by atoms with Crippen LogP contribution in [0.15, 0.2) is 48.6 Å². The Morgan fingerprint density at radius 1 is 0.368 bits per heavy atom. The van der Waals surface area contributed by atoms with Crippen LogP contribution in [0.5, 0.6) is 0 Å². The average Bonchev–Trinajstić information content (AvgIpc) is 3.41. The van der Waals surface area contributed by atoms with E-state index in [2.05, 4.69) is 69.4 Å². The number of ether oxygens (including phenoxy) is 3. The summed E-state index contributed by atoms with van der Waals surface area (Å²) in [4.78, 5) is 48.7. The van der Waals surface area contributed by atoms with Crippen molar-refractivity contribution in [3.05, 3.63) is 48.6 Å². The first kappa shape index (κ1) is 73.4. The summed E-state index contributed by atoms with van der Waals surface area (Å²) in [6, 6.07) is 0. The van der Waals surface area contributed by atoms with Gasteiger partial charge in [-0.2, -0.15) is 0 Å². The van der Waals surface area contributed by atoms with Crippen molar-refractivity contribution in [1.29, 1.82) is 0 Å². The molecule has 0 rings (SSSR count). The highest BCUT2D eigenvalue weighted by Gasteiger charge is 2.28. The number of phosphoric ester groups is 1. The van der Waals surface area contributed by atoms with E-state index in [1.807, 2.05) is 0 Å². The Labute approximate surface area is 466 Å². The molecule has 0 aromatic heterocycles. The summed E-state index contributed by atoms with van der Waals surface area (Å²) in [6.07, 6.45) is 63.4. The molecular weight excluding hydrogens is 976 g/mol. The van der Waals surface area contributed by atoms with Crippen molar-refractivity contribution >= 4 is 25.7 Å². The minimum absolute atomic E-state index is 0.152. The van der Waals surface area contributed by atoms with Gasteiger partial charge in [0.15, 0.2) is 6.10 Å². The normalized spacial score (nSPS) is 13.6. The van der Waals surface area contributed by atoms with E-state index in [0.717, 1.165) is 103 Å². The summed E-state index contributed by atoms with van der Waals surface area (Å²) in [5.74, 6) is -1.47. The predicted molar refractivity (Wildman–Crippen MR) is 316 cm³/mol. The maximum Gasteiger partial charge on any atom is 0.472 e. The van der Waals surface area contributed by atoms with Gasteiger partial charge in [-0.25, -0.2) is 4.57 Å². The van der Waals surface area contributed by atoms with E-state index in [9.17, 15) is 28.9 Å². The van der Waals surface area contributed by atoms with Crippen LogP contribution in [-0.2, 0) is 42.2 Å². The van der Waals surface area contributed by atoms with Gasteiger partial charge in [0.05, 0.1) is 19.8 Å². The topological polar surface area (TPSA) is 155 Å². The third-order valence-electron chi connectivity index (χ3n) is 13.7. The molecule has 0 aliphatic carbocycles. The molecule has 3 atom stereocenters. The number of carbonyl (C=O) groups excluding carboxylic acids is 3. The molecule has 3 unspecified atom stereocenters. The van der Waals surface area contributed by atoms with Crippen LogP contribution in [0.1, 0.15) is 303 Å². The highest BCUT2D eigenvalue weighted by atomic mass is 31.2. The van der Waals surface area contributed by atoms with Crippen molar-refractivity contribution in [2.45, 2.75) is 315 Å². The van der Waals surface area contributed by atoms with Gasteiger partial charge in [-0.15, -0.1) is 0 Å². The lowest BCUT2D eigenvalue weighted by molar-refractivity contribution is -0.161. The maximum absolute atomic E-state index is 12.9. The van der Waals surface area contributed by atoms with Crippen molar-refractivity contribution in [2.75, 3.05) is 26.4 Å². The molecule has 0 spiro atoms. The molecule has 12 heteroatoms. The average molecular weight is 1090 g/mol. The summed E-state index contributed by atoms with van der Waals surface area (Å²) in [5.41, 5.74) is 0. The Kier molecular flexibility index (Phi) is 56.6. The van der Waals surface area contributed by atoms with Gasteiger partial charge in [0.1, 0.15) is 12.7 Å². The number of hydrogen-bond donors (Lipinski definition) is 2. The second-order valence-corrected chi connectivity index (χ2v) is 22.7. The van der Waals surface area contributed by atoms with Crippen LogP contribution in [-0.4, -0.2) is 66.5 Å². The molecule has 0 saturated heterocycles. The van der Waals surface area contributed by atoms with Gasteiger partial charge < -0.3 is 24.2 Å². The highest BCUT2D eigenvalue weighted by Crippen LogP contribution is 2.43. The quantitative estimate of drug-likeness (QED) is 0.0197. The Morgan fingerprint density at radius 2 is 0.645 bits per heavy atom. The molecule has 0 heterocycles. The SMILES string of the molecule is CCCCC/C=C\C/C=C\CCCCCCCC(=O)OC(COC(=O)CCCCCCCCCCC/C=C\CCCCCCCC)COP(=O)(O)OCC(CO)OC(=O)CCCCCCC/C=C\CCCCCCCC. The third-order valence-corrected chi connectivity index (χ3v) is 14.6. The number of carbonyl (C=O) groups is 3. The lowest BCUT2D eigenvalue weighted by atomic mass is 10.1. The third kappa shape index (κ3) is 56.2. The number of allylic oxidation sites excluding steroid dienone is 8. The van der Waals surface area contributed by atoms with Gasteiger partial charge in [-0.1, -0.05) is 230 Å². The van der Waals surface area contributed by atoms with Crippen molar-refractivity contribution in [3.8, 4) is 0 Å². The summed E-state index contributed by atoms with van der Waals surface area (Å²) < 4.78 is 39.6. The fourth-order valence-corrected chi connectivity index (χ4v) is 9.63. The van der Waals surface area contributed by atoms with Gasteiger partial charge in [-0.05, 0) is 103 Å². The smallest absolute Gasteiger partial charge is 0.462 e. The molecule has 76 heavy (non-hydrogen) atoms. The van der Waals surface area contributed by atoms with Gasteiger partial charge in [0.2, 0.25) is 0 Å². The van der Waals surface area contributed by atoms with E-state index in [-0.39, 0.29) is 25.9 Å². The first-order valence-corrected chi connectivity index (χ1v) is 33.0. The summed E-state index contributed by atoms with van der Waals surface area (Å²) in [7, 11) is -4.75. The van der Waals surface area contributed by atoms with E-state index in [1.54, 1.807) is 0 Å². The van der Waals surface area contributed by atoms with Crippen molar-refractivity contribution in [2.24, 2.45) is 0 Å². The molecule has 444 valence electrons. The fraction of sp³-hybridized carbons (Fsp3) is 0.828. The van der Waals surface area contributed by atoms with E-state index < -0.39 is 57.8 Å². The minimum atomic E-state index is -4.75. The van der Waals surface area contributed by atoms with Crippen LogP contribution in [0.4, 0.5) is 0 Å². The van der Waals surface area contributed by atoms with Gasteiger partial charge >= 0.3 is 25.7 Å². The molecule has 0 amide bonds. The fourth-order valence-electron chi connectivity index (χ4n) is 8.85. The second kappa shape index (κ2) is 58.6. The standard InChI is InChI=1S/C64H117O11P/c1-4-7-10-13-16-19-22-25-28-29-30-31-34-35-38-41-44-47-50-53-62(66)71-57-61(75-64(68)55-52-49-46-43-40-37-33-27-24-21-18-15-12-9-6-3)59-73-76(69,70)72-58-60(56-65)74-63(67)54-51-48-45-42-39-36-32-26-23-20-17-14-11-8-5-2/h18,21,25-28,32-33,60-61,65H,4-17,19-20,22-24,29-31,34-59H2,1-3H3,(H,69,70)/b21-18-,28-25-,32-26-,33-27-. The highest BCUT2D eigenvalue weighted by molar-refractivity contribution is 7.47. The first-order chi connectivity index (χ1) is 37.2. The molecule has 0 aliphatic rings. The Bertz CT molecular complexity index is 1460. The van der Waals surface area contributed by atoms with E-state index in [0.29, 0.717) is 19.3 Å². The minimum Gasteiger partial charge on any atom is -0.462 e. The molecule has 0 saturated carbocycles. The Morgan fingerprint density at radius 3 is 1.01 bits per heavy atom. The molecule has 0 aliphatic heterocycles. The van der Waals surface area contributed by atoms with Crippen molar-refractivity contribution in [1.82, 2.24) is 0 Å². The monoisotopic (exact) mass is 1090 g/mol. The van der Waals surface area contributed by atoms with Crippen LogP contribution < -0.4 is 0 Å². The van der Waals surface area contributed by atoms with Crippen LogP contribution in [0, 0.1) is 0 Å². The van der Waals surface area contributed by atoms with E-state index >= 15 is 0 Å². The molecule has 2 N–H and O–H groups in total. The number of esters is 3. The summed E-state index contributed by atoms with van der Waals surface area (Å²) in [6.45, 7) is 4.63. The lowest BCUT2D eigenvalue weighted by Crippen LogP contribution is -2.30. The molecular formula is C64H117O11P. The molecule has 0 aromatic carbocycles. The van der Waals surface area contributed by atoms with Gasteiger partial charge in [0, 0.05) is 19.3 Å². The molecule has 11 nitrogen and oxygen atoms in total. The number of rotatable bonds is 59. The van der Waals surface area contributed by atoms with E-state index in [1.165, 1.54) is 141 Å². The van der Waals surface area contributed by atoms with Crippen LogP contribution in [0.3, 0.4) is 0 Å². The maximum atomic E-state index is 12.9. The van der Waals surface area contributed by atoms with E-state index in [4.69, 9.17) is 23.3 Å². The predicted octanol–water partition coefficient (Wildman–Crippen LogP) is 18.9. The molecule has 0 fully saturated rings. The number of phosphoric acid groups is 1. The first-order valence-electron chi connectivity index (χ1n) is 31.5. The van der Waals surface area contributed by atoms with Crippen LogP contribution >= 0.6 is 7.82 Å². The number of hydrogen-bond acceptors (Lipinski definition) is 10. The number of unbranched alkanes of at least 4 members (excludes halogenated alkanes) is 34. The van der Waals surface area contributed by atoms with Gasteiger partial charge in [-0.3, -0.25) is 23.4 Å². The van der Waals surface area contributed by atoms with Crippen LogP contribution in [0.2, 0.25) is 0 Å². The lowest BCUT2D eigenvalue weighted by Gasteiger charge is -2.21. The number of aliphatic hydroxyl groups is 1. The number of aliphatic hydroxyl groups excluding tert-OH is 1. The Balaban J connectivity index is 4.69. The Hall–Kier alpha value is -2.56. The van der Waals surface area contributed by atoms with Gasteiger partial charge in [0.25, 0.3) is 0 Å². The summed E-state index contributed by atoms with van der Waals surface area (Å²) >= 11 is 0. The van der Waals surface area contributed by atoms with Crippen molar-refractivity contribution in [3.63, 3.8) is 0 Å². The van der Waals surface area contributed by atoms with Crippen LogP contribution in [0.25, 0.3) is 0 Å². The largest absolute Gasteiger partial charge is 0.472 e. The summed E-state index contributed by atoms with van der Waals surface area (Å²) in [5, 5.41) is 9.83.